The highest BCUT2D eigenvalue weighted by Gasteiger charge is 2.20. The van der Waals surface area contributed by atoms with Crippen molar-refractivity contribution >= 4 is 61.7 Å². The van der Waals surface area contributed by atoms with E-state index < -0.39 is 0 Å². The van der Waals surface area contributed by atoms with E-state index in [9.17, 15) is 0 Å². The molecule has 0 spiro atoms. The van der Waals surface area contributed by atoms with Gasteiger partial charge in [0.1, 0.15) is 0 Å². The predicted octanol–water partition coefficient (Wildman–Crippen LogP) is 6.05. The van der Waals surface area contributed by atoms with E-state index >= 15 is 0 Å². The van der Waals surface area contributed by atoms with Crippen molar-refractivity contribution in [2.45, 2.75) is 5.38 Å². The van der Waals surface area contributed by atoms with Crippen molar-refractivity contribution in [3.8, 4) is 11.5 Å². The maximum Gasteiger partial charge on any atom is 0.162 e. The highest BCUT2D eigenvalue weighted by atomic mass is 127. The summed E-state index contributed by atoms with van der Waals surface area (Å²) in [5, 5.41) is 0.171. The van der Waals surface area contributed by atoms with Gasteiger partial charge in [-0.25, -0.2) is 0 Å². The van der Waals surface area contributed by atoms with Crippen LogP contribution in [-0.2, 0) is 0 Å². The fourth-order valence-corrected chi connectivity index (χ4v) is 3.83. The van der Waals surface area contributed by atoms with Crippen LogP contribution in [0.4, 0.5) is 0 Å². The maximum atomic E-state index is 6.63. The zero-order valence-corrected chi connectivity index (χ0v) is 16.5. The highest BCUT2D eigenvalue weighted by Crippen LogP contribution is 2.41. The molecule has 2 rings (SSSR count). The molecule has 0 fully saturated rings. The highest BCUT2D eigenvalue weighted by molar-refractivity contribution is 14.1. The number of rotatable bonds is 4. The van der Waals surface area contributed by atoms with E-state index in [1.807, 2.05) is 24.3 Å². The van der Waals surface area contributed by atoms with Gasteiger partial charge in [0.2, 0.25) is 0 Å². The van der Waals surface area contributed by atoms with Crippen LogP contribution in [0.1, 0.15) is 16.5 Å². The second-order valence-corrected chi connectivity index (χ2v) is 7.18. The van der Waals surface area contributed by atoms with Gasteiger partial charge in [0.15, 0.2) is 11.5 Å². The van der Waals surface area contributed by atoms with Gasteiger partial charge in [0.05, 0.1) is 19.6 Å². The van der Waals surface area contributed by atoms with Gasteiger partial charge >= 0.3 is 0 Å². The van der Waals surface area contributed by atoms with E-state index in [1.54, 1.807) is 20.3 Å². The number of ether oxygens (including phenoxy) is 2. The molecule has 0 aromatic heterocycles. The second-order valence-electron chi connectivity index (χ2n) is 4.26. The van der Waals surface area contributed by atoms with E-state index in [4.69, 9.17) is 32.7 Å². The van der Waals surface area contributed by atoms with Crippen LogP contribution in [0.15, 0.2) is 34.8 Å². The maximum absolute atomic E-state index is 6.63. The molecule has 1 unspecified atom stereocenters. The number of alkyl halides is 1. The number of hydrogen-bond acceptors (Lipinski definition) is 2. The van der Waals surface area contributed by atoms with Crippen molar-refractivity contribution in [2.75, 3.05) is 14.2 Å². The summed E-state index contributed by atoms with van der Waals surface area (Å²) in [6.07, 6.45) is 0. The van der Waals surface area contributed by atoms with Gasteiger partial charge in [0, 0.05) is 19.1 Å². The Morgan fingerprint density at radius 1 is 1.05 bits per heavy atom. The average Bonchev–Trinajstić information content (AvgIpc) is 2.48. The van der Waals surface area contributed by atoms with Gasteiger partial charge in [-0.2, -0.15) is 0 Å². The third kappa shape index (κ3) is 3.78. The first kappa shape index (κ1) is 17.2. The Balaban J connectivity index is 2.52. The van der Waals surface area contributed by atoms with Crippen molar-refractivity contribution in [3.05, 3.63) is 54.5 Å². The second kappa shape index (κ2) is 7.40. The minimum absolute atomic E-state index is 0.373. The molecule has 6 heteroatoms. The first-order valence-electron chi connectivity index (χ1n) is 5.98. The molecule has 0 heterocycles. The standard InChI is InChI=1S/C15H12BrCl2IO2/c1-20-13-6-9(11(17)7-14(13)21-2)15(18)10-5-8(16)3-4-12(10)19/h3-7,15H,1-2H3. The van der Waals surface area contributed by atoms with Crippen LogP contribution in [0.25, 0.3) is 0 Å². The molecule has 0 bridgehead atoms. The summed E-state index contributed by atoms with van der Waals surface area (Å²) in [5.74, 6) is 1.19. The molecule has 0 saturated heterocycles. The Morgan fingerprint density at radius 3 is 2.29 bits per heavy atom. The van der Waals surface area contributed by atoms with Gasteiger partial charge in [-0.05, 0) is 58.0 Å². The van der Waals surface area contributed by atoms with E-state index in [1.165, 1.54) is 0 Å². The summed E-state index contributed by atoms with van der Waals surface area (Å²) in [6, 6.07) is 9.51. The fraction of sp³-hybridized carbons (Fsp3) is 0.200. The van der Waals surface area contributed by atoms with E-state index in [2.05, 4.69) is 38.5 Å². The number of benzene rings is 2. The molecule has 21 heavy (non-hydrogen) atoms. The van der Waals surface area contributed by atoms with Crippen LogP contribution in [-0.4, -0.2) is 14.2 Å². The molecular weight excluding hydrogens is 490 g/mol. The Hall–Kier alpha value is -0.170. The van der Waals surface area contributed by atoms with Gasteiger partial charge in [0.25, 0.3) is 0 Å². The Labute approximate surface area is 156 Å². The lowest BCUT2D eigenvalue weighted by molar-refractivity contribution is 0.354. The van der Waals surface area contributed by atoms with Gasteiger partial charge in [-0.15, -0.1) is 11.6 Å². The Morgan fingerprint density at radius 2 is 1.67 bits per heavy atom. The van der Waals surface area contributed by atoms with Crippen molar-refractivity contribution in [1.82, 2.24) is 0 Å². The molecule has 0 aliphatic rings. The van der Waals surface area contributed by atoms with Gasteiger partial charge in [-0.3, -0.25) is 0 Å². The minimum atomic E-state index is -0.373. The SMILES string of the molecule is COc1cc(Cl)c(C(Cl)c2cc(Br)ccc2I)cc1OC. The van der Waals surface area contributed by atoms with Crippen LogP contribution in [0.5, 0.6) is 11.5 Å². The molecule has 1 atom stereocenters. The fourth-order valence-electron chi connectivity index (χ4n) is 1.94. The molecule has 2 nitrogen and oxygen atoms in total. The molecular formula is C15H12BrCl2IO2. The minimum Gasteiger partial charge on any atom is -0.493 e. The smallest absolute Gasteiger partial charge is 0.162 e. The molecule has 112 valence electrons. The molecule has 2 aromatic rings. The molecule has 0 aliphatic carbocycles. The lowest BCUT2D eigenvalue weighted by Crippen LogP contribution is -2.00. The summed E-state index contributed by atoms with van der Waals surface area (Å²) >= 11 is 18.7. The molecule has 2 aromatic carbocycles. The monoisotopic (exact) mass is 500 g/mol. The van der Waals surface area contributed by atoms with Crippen molar-refractivity contribution in [1.29, 1.82) is 0 Å². The molecule has 0 aliphatic heterocycles. The van der Waals surface area contributed by atoms with Crippen molar-refractivity contribution < 1.29 is 9.47 Å². The van der Waals surface area contributed by atoms with Crippen LogP contribution in [0.3, 0.4) is 0 Å². The first-order valence-corrected chi connectivity index (χ1v) is 8.67. The van der Waals surface area contributed by atoms with E-state index in [0.29, 0.717) is 16.5 Å². The van der Waals surface area contributed by atoms with Crippen molar-refractivity contribution in [2.24, 2.45) is 0 Å². The average molecular weight is 502 g/mol. The zero-order chi connectivity index (χ0) is 15.6. The summed E-state index contributed by atoms with van der Waals surface area (Å²) in [7, 11) is 3.16. The molecule has 0 radical (unpaired) electrons. The Bertz CT molecular complexity index is 664. The van der Waals surface area contributed by atoms with Gasteiger partial charge in [-0.1, -0.05) is 27.5 Å². The third-order valence-corrected chi connectivity index (χ3v) is 5.28. The third-order valence-electron chi connectivity index (χ3n) is 3.01. The lowest BCUT2D eigenvalue weighted by Gasteiger charge is -2.17. The normalized spacial score (nSPS) is 12.1. The summed E-state index contributed by atoms with van der Waals surface area (Å²) in [6.45, 7) is 0. The topological polar surface area (TPSA) is 18.5 Å². The molecule has 0 saturated carbocycles. The van der Waals surface area contributed by atoms with E-state index in [0.717, 1.165) is 19.2 Å². The summed E-state index contributed by atoms with van der Waals surface area (Å²) in [5.41, 5.74) is 1.77. The predicted molar refractivity (Wildman–Crippen MR) is 99.1 cm³/mol. The summed E-state index contributed by atoms with van der Waals surface area (Å²) in [4.78, 5) is 0. The van der Waals surface area contributed by atoms with Crippen LogP contribution >= 0.6 is 61.7 Å². The number of hydrogen-bond donors (Lipinski definition) is 0. The number of methoxy groups -OCH3 is 2. The summed E-state index contributed by atoms with van der Waals surface area (Å²) < 4.78 is 12.6. The van der Waals surface area contributed by atoms with Gasteiger partial charge < -0.3 is 9.47 Å². The van der Waals surface area contributed by atoms with E-state index in [-0.39, 0.29) is 5.38 Å². The molecule has 0 N–H and O–H groups in total. The van der Waals surface area contributed by atoms with Crippen LogP contribution in [0.2, 0.25) is 5.02 Å². The van der Waals surface area contributed by atoms with Crippen molar-refractivity contribution in [3.63, 3.8) is 0 Å². The quantitative estimate of drug-likeness (QED) is 0.375. The lowest BCUT2D eigenvalue weighted by atomic mass is 10.0. The number of halogens is 4. The Kier molecular flexibility index (Phi) is 6.05. The largest absolute Gasteiger partial charge is 0.493 e. The first-order chi connectivity index (χ1) is 9.97. The van der Waals surface area contributed by atoms with Crippen LogP contribution in [0, 0.1) is 3.57 Å². The van der Waals surface area contributed by atoms with Crippen LogP contribution < -0.4 is 9.47 Å². The zero-order valence-electron chi connectivity index (χ0n) is 11.3. The molecule has 0 amide bonds.